The second kappa shape index (κ2) is 9.96. The van der Waals surface area contributed by atoms with Crippen LogP contribution in [0.3, 0.4) is 0 Å². The van der Waals surface area contributed by atoms with Crippen molar-refractivity contribution in [3.8, 4) is 11.5 Å². The topological polar surface area (TPSA) is 67.9 Å². The first-order chi connectivity index (χ1) is 15.1. The van der Waals surface area contributed by atoms with Gasteiger partial charge in [-0.1, -0.05) is 19.1 Å². The number of carbonyl (C=O) groups excluding carboxylic acids is 2. The molecule has 1 saturated heterocycles. The molecule has 1 N–H and O–H groups in total. The van der Waals surface area contributed by atoms with Gasteiger partial charge in [-0.05, 0) is 67.7 Å². The number of nitrogens with one attached hydrogen (secondary N) is 1. The number of nitrogens with zero attached hydrogens (tertiary/aromatic N) is 1. The third-order valence-electron chi connectivity index (χ3n) is 5.96. The Hall–Kier alpha value is -2.86. The molecule has 0 saturated carbocycles. The summed E-state index contributed by atoms with van der Waals surface area (Å²) in [5.41, 5.74) is 2.54. The first kappa shape index (κ1) is 21.4. The van der Waals surface area contributed by atoms with Crippen LogP contribution in [0.2, 0.25) is 0 Å². The number of hydrogen-bond donors (Lipinski definition) is 1. The van der Waals surface area contributed by atoms with Gasteiger partial charge in [0.25, 0.3) is 0 Å². The summed E-state index contributed by atoms with van der Waals surface area (Å²) < 4.78 is 11.0. The Kier molecular flexibility index (Phi) is 6.87. The van der Waals surface area contributed by atoms with Crippen molar-refractivity contribution in [2.24, 2.45) is 5.92 Å². The van der Waals surface area contributed by atoms with Crippen LogP contribution in [-0.4, -0.2) is 42.9 Å². The second-order valence-corrected chi connectivity index (χ2v) is 8.49. The Morgan fingerprint density at radius 3 is 2.42 bits per heavy atom. The zero-order valence-electron chi connectivity index (χ0n) is 18.1. The third kappa shape index (κ3) is 5.85. The molecule has 2 aliphatic rings. The van der Waals surface area contributed by atoms with E-state index in [-0.39, 0.29) is 24.5 Å². The van der Waals surface area contributed by atoms with Crippen LogP contribution in [0.5, 0.6) is 11.5 Å². The van der Waals surface area contributed by atoms with Gasteiger partial charge < -0.3 is 14.8 Å². The Morgan fingerprint density at radius 1 is 0.968 bits per heavy atom. The summed E-state index contributed by atoms with van der Waals surface area (Å²) in [6.45, 7) is 6.56. The van der Waals surface area contributed by atoms with E-state index in [1.165, 1.54) is 18.4 Å². The second-order valence-electron chi connectivity index (χ2n) is 8.49. The summed E-state index contributed by atoms with van der Waals surface area (Å²) in [5, 5.41) is 2.89. The van der Waals surface area contributed by atoms with E-state index < -0.39 is 0 Å². The number of likely N-dealkylation sites (tertiary alicyclic amines) is 1. The van der Waals surface area contributed by atoms with Crippen LogP contribution in [0.4, 0.5) is 5.69 Å². The molecule has 0 spiro atoms. The highest BCUT2D eigenvalue weighted by Crippen LogP contribution is 2.31. The minimum absolute atomic E-state index is 0.0849. The fourth-order valence-electron chi connectivity index (χ4n) is 3.98. The number of benzene rings is 2. The minimum Gasteiger partial charge on any atom is -0.486 e. The van der Waals surface area contributed by atoms with E-state index in [0.29, 0.717) is 30.3 Å². The van der Waals surface area contributed by atoms with Crippen molar-refractivity contribution in [3.63, 3.8) is 0 Å². The van der Waals surface area contributed by atoms with Gasteiger partial charge in [0, 0.05) is 30.6 Å². The molecule has 0 bridgehead atoms. The molecular formula is C25H30N2O4. The lowest BCUT2D eigenvalue weighted by Crippen LogP contribution is -2.32. The quantitative estimate of drug-likeness (QED) is 0.674. The zero-order chi connectivity index (χ0) is 21.6. The van der Waals surface area contributed by atoms with Crippen molar-refractivity contribution in [2.75, 3.05) is 31.6 Å². The maximum absolute atomic E-state index is 12.5. The predicted molar refractivity (Wildman–Crippen MR) is 120 cm³/mol. The Morgan fingerprint density at radius 2 is 1.68 bits per heavy atom. The molecule has 6 heteroatoms. The molecule has 2 aliphatic heterocycles. The normalized spacial score (nSPS) is 16.7. The van der Waals surface area contributed by atoms with Crippen LogP contribution in [0, 0.1) is 5.92 Å². The van der Waals surface area contributed by atoms with Crippen molar-refractivity contribution >= 4 is 17.4 Å². The lowest BCUT2D eigenvalue weighted by molar-refractivity contribution is -0.116. The van der Waals surface area contributed by atoms with Gasteiger partial charge in [0.2, 0.25) is 5.91 Å². The van der Waals surface area contributed by atoms with Gasteiger partial charge in [-0.2, -0.15) is 0 Å². The van der Waals surface area contributed by atoms with Gasteiger partial charge in [0.05, 0.1) is 0 Å². The molecule has 4 rings (SSSR count). The maximum Gasteiger partial charge on any atom is 0.224 e. The largest absolute Gasteiger partial charge is 0.486 e. The molecule has 0 aromatic heterocycles. The van der Waals surface area contributed by atoms with Crippen molar-refractivity contribution < 1.29 is 19.1 Å². The summed E-state index contributed by atoms with van der Waals surface area (Å²) in [4.78, 5) is 27.2. The lowest BCUT2D eigenvalue weighted by atomic mass is 9.99. The summed E-state index contributed by atoms with van der Waals surface area (Å²) in [5.74, 6) is 1.82. The first-order valence-electron chi connectivity index (χ1n) is 11.1. The van der Waals surface area contributed by atoms with Gasteiger partial charge in [-0.25, -0.2) is 0 Å². The summed E-state index contributed by atoms with van der Waals surface area (Å²) >= 11 is 0. The van der Waals surface area contributed by atoms with Crippen LogP contribution in [0.1, 0.15) is 48.5 Å². The van der Waals surface area contributed by atoms with Crippen LogP contribution < -0.4 is 14.8 Å². The average molecular weight is 423 g/mol. The van der Waals surface area contributed by atoms with E-state index in [1.54, 1.807) is 18.2 Å². The molecule has 0 radical (unpaired) electrons. The predicted octanol–water partition coefficient (Wildman–Crippen LogP) is 4.29. The number of Topliss-reactive ketones (excluding diaryl/α,β-unsaturated/α-hetero) is 1. The number of ketones is 1. The van der Waals surface area contributed by atoms with E-state index in [9.17, 15) is 9.59 Å². The highest BCUT2D eigenvalue weighted by atomic mass is 16.6. The number of amides is 1. The Balaban J connectivity index is 1.23. The molecule has 0 unspecified atom stereocenters. The fraction of sp³-hybridized carbons (Fsp3) is 0.440. The highest BCUT2D eigenvalue weighted by Gasteiger charge is 2.17. The lowest BCUT2D eigenvalue weighted by Gasteiger charge is -2.30. The number of fused-ring (bicyclic) bond motifs is 1. The number of anilines is 1. The van der Waals surface area contributed by atoms with Gasteiger partial charge in [0.1, 0.15) is 13.2 Å². The van der Waals surface area contributed by atoms with Crippen molar-refractivity contribution in [1.29, 1.82) is 0 Å². The van der Waals surface area contributed by atoms with E-state index in [2.05, 4.69) is 29.3 Å². The molecule has 164 valence electrons. The summed E-state index contributed by atoms with van der Waals surface area (Å²) in [6, 6.07) is 13.1. The Labute approximate surface area is 183 Å². The van der Waals surface area contributed by atoms with Gasteiger partial charge >= 0.3 is 0 Å². The molecule has 2 aromatic rings. The number of rotatable bonds is 7. The highest BCUT2D eigenvalue weighted by molar-refractivity contribution is 6.00. The van der Waals surface area contributed by atoms with Crippen LogP contribution >= 0.6 is 0 Å². The number of piperidine rings is 1. The number of ether oxygens (including phenoxy) is 2. The van der Waals surface area contributed by atoms with Gasteiger partial charge in [-0.3, -0.25) is 14.5 Å². The van der Waals surface area contributed by atoms with Gasteiger partial charge in [0.15, 0.2) is 17.3 Å². The fourth-order valence-corrected chi connectivity index (χ4v) is 3.98. The smallest absolute Gasteiger partial charge is 0.224 e. The molecular weight excluding hydrogens is 392 g/mol. The molecule has 6 nitrogen and oxygen atoms in total. The van der Waals surface area contributed by atoms with Crippen molar-refractivity contribution in [1.82, 2.24) is 4.90 Å². The maximum atomic E-state index is 12.5. The van der Waals surface area contributed by atoms with E-state index in [0.717, 1.165) is 31.2 Å². The SMILES string of the molecule is CC1CCN(Cc2ccc(NC(=O)CCC(=O)c3ccc4c(c3)OCCO4)cc2)CC1. The molecule has 2 aromatic carbocycles. The number of carbonyl (C=O) groups is 2. The van der Waals surface area contributed by atoms with Crippen molar-refractivity contribution in [3.05, 3.63) is 53.6 Å². The molecule has 0 aliphatic carbocycles. The summed E-state index contributed by atoms with van der Waals surface area (Å²) in [7, 11) is 0. The number of hydrogen-bond acceptors (Lipinski definition) is 5. The molecule has 1 amide bonds. The van der Waals surface area contributed by atoms with Crippen molar-refractivity contribution in [2.45, 2.75) is 39.2 Å². The van der Waals surface area contributed by atoms with Crippen LogP contribution in [-0.2, 0) is 11.3 Å². The molecule has 31 heavy (non-hydrogen) atoms. The summed E-state index contributed by atoms with van der Waals surface area (Å²) in [6.07, 6.45) is 2.82. The minimum atomic E-state index is -0.163. The monoisotopic (exact) mass is 422 g/mol. The molecule has 0 atom stereocenters. The average Bonchev–Trinajstić information content (AvgIpc) is 2.80. The van der Waals surface area contributed by atoms with Crippen LogP contribution in [0.25, 0.3) is 0 Å². The van der Waals surface area contributed by atoms with E-state index in [1.807, 2.05) is 12.1 Å². The van der Waals surface area contributed by atoms with E-state index >= 15 is 0 Å². The molecule has 2 heterocycles. The first-order valence-corrected chi connectivity index (χ1v) is 11.1. The van der Waals surface area contributed by atoms with E-state index in [4.69, 9.17) is 9.47 Å². The van der Waals surface area contributed by atoms with Crippen LogP contribution in [0.15, 0.2) is 42.5 Å². The third-order valence-corrected chi connectivity index (χ3v) is 5.96. The van der Waals surface area contributed by atoms with Gasteiger partial charge in [-0.15, -0.1) is 0 Å². The zero-order valence-corrected chi connectivity index (χ0v) is 18.1. The molecule has 1 fully saturated rings. The standard InChI is InChI=1S/C25H30N2O4/c1-18-10-12-27(13-11-18)17-19-2-5-21(6-3-19)26-25(29)9-7-22(28)20-4-8-23-24(16-20)31-15-14-30-23/h2-6,8,16,18H,7,9-15,17H2,1H3,(H,26,29). The Bertz CT molecular complexity index is 918.